The smallest absolute Gasteiger partial charge is 0.142 e. The molecule has 0 spiro atoms. The lowest BCUT2D eigenvalue weighted by Gasteiger charge is -2.29. The molecule has 0 unspecified atom stereocenters. The van der Waals surface area contributed by atoms with Gasteiger partial charge >= 0.3 is 0 Å². The second-order valence-electron chi connectivity index (χ2n) is 7.41. The van der Waals surface area contributed by atoms with Crippen LogP contribution in [0.5, 0.6) is 0 Å². The van der Waals surface area contributed by atoms with Crippen molar-refractivity contribution in [1.82, 2.24) is 10.3 Å². The van der Waals surface area contributed by atoms with Gasteiger partial charge in [0, 0.05) is 60.0 Å². The van der Waals surface area contributed by atoms with Crippen molar-refractivity contribution in [2.24, 2.45) is 0 Å². The molecule has 3 N–H and O–H groups in total. The van der Waals surface area contributed by atoms with Crippen LogP contribution in [0.3, 0.4) is 0 Å². The van der Waals surface area contributed by atoms with Crippen LogP contribution in [0.2, 0.25) is 0 Å². The molecule has 3 aromatic rings. The molecule has 5 heteroatoms. The average Bonchev–Trinajstić information content (AvgIpc) is 3.09. The van der Waals surface area contributed by atoms with Crippen molar-refractivity contribution in [2.45, 2.75) is 6.42 Å². The second kappa shape index (κ2) is 7.60. The van der Waals surface area contributed by atoms with Crippen LogP contribution in [0.1, 0.15) is 12.0 Å². The molecule has 29 heavy (non-hydrogen) atoms. The van der Waals surface area contributed by atoms with Gasteiger partial charge in [-0.2, -0.15) is 0 Å². The van der Waals surface area contributed by atoms with Crippen LogP contribution in [0.25, 0.3) is 23.0 Å². The van der Waals surface area contributed by atoms with E-state index in [0.29, 0.717) is 5.82 Å². The molecule has 1 fully saturated rings. The summed E-state index contributed by atoms with van der Waals surface area (Å²) < 4.78 is 6.35. The summed E-state index contributed by atoms with van der Waals surface area (Å²) in [6.45, 7) is 4.16. The molecule has 146 valence electrons. The van der Waals surface area contributed by atoms with Gasteiger partial charge in [0.15, 0.2) is 0 Å². The quantitative estimate of drug-likeness (QED) is 0.725. The van der Waals surface area contributed by atoms with Gasteiger partial charge in [-0.15, -0.1) is 0 Å². The Morgan fingerprint density at radius 1 is 1.00 bits per heavy atom. The van der Waals surface area contributed by atoms with E-state index in [2.05, 4.69) is 63.8 Å². The number of furan rings is 1. The second-order valence-corrected chi connectivity index (χ2v) is 7.41. The molecule has 5 nitrogen and oxygen atoms in total. The number of nitrogen functional groups attached to an aromatic ring is 1. The highest BCUT2D eigenvalue weighted by molar-refractivity contribution is 5.74. The molecule has 5 rings (SSSR count). The minimum atomic E-state index is 0.517. The maximum atomic E-state index is 6.35. The van der Waals surface area contributed by atoms with Crippen LogP contribution >= 0.6 is 0 Å². The lowest BCUT2D eigenvalue weighted by molar-refractivity contribution is 0.543. The zero-order valence-corrected chi connectivity index (χ0v) is 16.3. The first-order chi connectivity index (χ1) is 14.3. The van der Waals surface area contributed by atoms with Crippen molar-refractivity contribution in [1.29, 1.82) is 0 Å². The fraction of sp³-hybridized carbons (Fsp3) is 0.208. The number of nitrogens with two attached hydrogens (primary N) is 1. The van der Waals surface area contributed by atoms with Crippen LogP contribution in [-0.4, -0.2) is 31.2 Å². The van der Waals surface area contributed by atoms with E-state index < -0.39 is 0 Å². The number of nitrogens with one attached hydrogen (secondary N) is 1. The van der Waals surface area contributed by atoms with E-state index in [4.69, 9.17) is 10.2 Å². The zero-order chi connectivity index (χ0) is 19.6. The fourth-order valence-electron chi connectivity index (χ4n) is 3.92. The number of benzene rings is 1. The monoisotopic (exact) mass is 384 g/mol. The number of fused-ring (bicyclic) bond motifs is 1. The van der Waals surface area contributed by atoms with Crippen LogP contribution in [-0.2, 0) is 0 Å². The Kier molecular flexibility index (Phi) is 4.66. The summed E-state index contributed by atoms with van der Waals surface area (Å²) >= 11 is 0. The Morgan fingerprint density at radius 3 is 2.55 bits per heavy atom. The molecule has 0 radical (unpaired) electrons. The molecule has 0 bridgehead atoms. The molecule has 0 saturated carbocycles. The maximum absolute atomic E-state index is 6.35. The van der Waals surface area contributed by atoms with Crippen LogP contribution in [0.4, 0.5) is 11.5 Å². The van der Waals surface area contributed by atoms with E-state index in [0.717, 1.165) is 65.7 Å². The number of piperazine rings is 1. The molecule has 0 atom stereocenters. The van der Waals surface area contributed by atoms with E-state index in [1.807, 2.05) is 12.1 Å². The van der Waals surface area contributed by atoms with Crippen molar-refractivity contribution in [2.75, 3.05) is 36.8 Å². The van der Waals surface area contributed by atoms with Crippen molar-refractivity contribution in [3.05, 3.63) is 77.0 Å². The predicted molar refractivity (Wildman–Crippen MR) is 118 cm³/mol. The Hall–Kier alpha value is -3.31. The summed E-state index contributed by atoms with van der Waals surface area (Å²) in [6, 6.07) is 14.6. The van der Waals surface area contributed by atoms with E-state index in [-0.39, 0.29) is 0 Å². The largest absolute Gasteiger partial charge is 0.455 e. The standard InChI is InChI=1S/C24H24N4O/c25-23-10-7-19(16-27-23)21-4-2-1-3-18-15-22(29-24(18)21)17-5-8-20(9-6-17)28-13-11-26-12-14-28/h2-10,15-16,26H,1,11-14H2,(H2,25,27). The highest BCUT2D eigenvalue weighted by atomic mass is 16.3. The maximum Gasteiger partial charge on any atom is 0.142 e. The third-order valence-electron chi connectivity index (χ3n) is 5.50. The number of allylic oxidation sites excluding steroid dienone is 2. The van der Waals surface area contributed by atoms with Gasteiger partial charge in [0.05, 0.1) is 0 Å². The van der Waals surface area contributed by atoms with Gasteiger partial charge in [-0.1, -0.05) is 18.2 Å². The zero-order valence-electron chi connectivity index (χ0n) is 16.3. The molecule has 1 aliphatic heterocycles. The van der Waals surface area contributed by atoms with E-state index in [1.54, 1.807) is 6.20 Å². The predicted octanol–water partition coefficient (Wildman–Crippen LogP) is 2.27. The topological polar surface area (TPSA) is 67.3 Å². The number of hydrogen-bond donors (Lipinski definition) is 2. The van der Waals surface area contributed by atoms with E-state index in [9.17, 15) is 0 Å². The lowest BCUT2D eigenvalue weighted by Crippen LogP contribution is -2.43. The Labute approximate surface area is 169 Å². The Bertz CT molecular complexity index is 1150. The van der Waals surface area contributed by atoms with Crippen LogP contribution in [0, 0.1) is 0 Å². The van der Waals surface area contributed by atoms with Crippen molar-refractivity contribution in [3.8, 4) is 11.3 Å². The highest BCUT2D eigenvalue weighted by Gasteiger charge is 2.13. The molecular formula is C24H24N4O. The average molecular weight is 384 g/mol. The van der Waals surface area contributed by atoms with Gasteiger partial charge in [-0.05, 0) is 48.9 Å². The van der Waals surface area contributed by atoms with Crippen molar-refractivity contribution < 1.29 is 4.42 Å². The van der Waals surface area contributed by atoms with Crippen LogP contribution in [0.15, 0.2) is 65.2 Å². The molecule has 2 aliphatic rings. The van der Waals surface area contributed by atoms with Crippen molar-refractivity contribution >= 4 is 23.2 Å². The summed E-state index contributed by atoms with van der Waals surface area (Å²) in [5, 5.41) is 4.51. The Balaban J connectivity index is 1.54. The van der Waals surface area contributed by atoms with Gasteiger partial charge in [0.1, 0.15) is 17.0 Å². The molecule has 1 saturated heterocycles. The first kappa shape index (κ1) is 17.8. The molecular weight excluding hydrogens is 360 g/mol. The SMILES string of the molecule is Nc1ccc(C2=c3oc(-c4ccc(N5CCNCC5)cc4)cc3=CCC=C2)cn1. The normalized spacial score (nSPS) is 16.3. The molecule has 3 heterocycles. The third kappa shape index (κ3) is 3.57. The van der Waals surface area contributed by atoms with E-state index in [1.165, 1.54) is 5.69 Å². The first-order valence-electron chi connectivity index (χ1n) is 10.1. The Morgan fingerprint density at radius 2 is 1.79 bits per heavy atom. The molecule has 2 aromatic heterocycles. The van der Waals surface area contributed by atoms with Crippen LogP contribution < -0.4 is 26.6 Å². The number of rotatable bonds is 3. The number of anilines is 2. The number of hydrogen-bond acceptors (Lipinski definition) is 5. The molecule has 1 aliphatic carbocycles. The van der Waals surface area contributed by atoms with E-state index >= 15 is 0 Å². The minimum Gasteiger partial charge on any atom is -0.455 e. The van der Waals surface area contributed by atoms with Gasteiger partial charge in [-0.3, -0.25) is 0 Å². The van der Waals surface area contributed by atoms with Gasteiger partial charge in [0.2, 0.25) is 0 Å². The van der Waals surface area contributed by atoms with Crippen molar-refractivity contribution in [3.63, 3.8) is 0 Å². The summed E-state index contributed by atoms with van der Waals surface area (Å²) in [5.41, 5.74) is 11.0. The summed E-state index contributed by atoms with van der Waals surface area (Å²) in [7, 11) is 0. The summed E-state index contributed by atoms with van der Waals surface area (Å²) in [6.07, 6.45) is 9.12. The number of pyridine rings is 1. The lowest BCUT2D eigenvalue weighted by atomic mass is 10.1. The third-order valence-corrected chi connectivity index (χ3v) is 5.50. The fourth-order valence-corrected chi connectivity index (χ4v) is 3.92. The number of aromatic nitrogens is 1. The minimum absolute atomic E-state index is 0.517. The summed E-state index contributed by atoms with van der Waals surface area (Å²) in [5.74, 6) is 1.40. The first-order valence-corrected chi connectivity index (χ1v) is 10.1. The molecule has 1 aromatic carbocycles. The van der Waals surface area contributed by atoms with Gasteiger partial charge in [0.25, 0.3) is 0 Å². The highest BCUT2D eigenvalue weighted by Crippen LogP contribution is 2.23. The molecule has 0 amide bonds. The number of nitrogens with zero attached hydrogens (tertiary/aromatic N) is 2. The van der Waals surface area contributed by atoms with Gasteiger partial charge < -0.3 is 20.4 Å². The van der Waals surface area contributed by atoms with Gasteiger partial charge in [-0.25, -0.2) is 4.98 Å². The summed E-state index contributed by atoms with van der Waals surface area (Å²) in [4.78, 5) is 6.65.